The molecule has 1 amide bonds. The van der Waals surface area contributed by atoms with Gasteiger partial charge >= 0.3 is 0 Å². The average Bonchev–Trinajstić information content (AvgIpc) is 3.18. The van der Waals surface area contributed by atoms with Gasteiger partial charge in [-0.15, -0.1) is 24.0 Å². The zero-order valence-corrected chi connectivity index (χ0v) is 20.3. The molecule has 0 aliphatic carbocycles. The van der Waals surface area contributed by atoms with Crippen molar-refractivity contribution in [3.05, 3.63) is 59.7 Å². The minimum Gasteiger partial charge on any atom is -0.496 e. The Labute approximate surface area is 196 Å². The van der Waals surface area contributed by atoms with E-state index in [0.29, 0.717) is 19.5 Å². The summed E-state index contributed by atoms with van der Waals surface area (Å²) >= 11 is 0. The lowest BCUT2D eigenvalue weighted by Crippen LogP contribution is -2.39. The smallest absolute Gasteiger partial charge is 0.227 e. The van der Waals surface area contributed by atoms with Gasteiger partial charge in [-0.25, -0.2) is 0 Å². The molecule has 2 aromatic rings. The summed E-state index contributed by atoms with van der Waals surface area (Å²) in [5, 5.41) is 3.36. The van der Waals surface area contributed by atoms with E-state index in [1.165, 1.54) is 5.56 Å². The summed E-state index contributed by atoms with van der Waals surface area (Å²) < 4.78 is 5.43. The van der Waals surface area contributed by atoms with Gasteiger partial charge in [-0.3, -0.25) is 9.79 Å². The number of carbonyl (C=O) groups is 1. The number of benzene rings is 2. The van der Waals surface area contributed by atoms with Crippen LogP contribution in [0.1, 0.15) is 24.0 Å². The molecule has 1 heterocycles. The topological polar surface area (TPSA) is 57.2 Å². The number of methoxy groups -OCH3 is 1. The highest BCUT2D eigenvalue weighted by molar-refractivity contribution is 14.0. The summed E-state index contributed by atoms with van der Waals surface area (Å²) in [4.78, 5) is 20.9. The van der Waals surface area contributed by atoms with Crippen LogP contribution in [-0.2, 0) is 17.8 Å². The van der Waals surface area contributed by atoms with E-state index in [4.69, 9.17) is 4.74 Å². The summed E-state index contributed by atoms with van der Waals surface area (Å²) in [6, 6.07) is 16.1. The molecule has 2 aromatic carbocycles. The van der Waals surface area contributed by atoms with Crippen LogP contribution >= 0.6 is 24.0 Å². The van der Waals surface area contributed by atoms with Crippen molar-refractivity contribution in [2.75, 3.05) is 39.2 Å². The SMILES string of the molecule is CN=C(NCCCC(=O)N1CCc2ccccc21)N(C)Cc1ccccc1OC.I. The zero-order valence-electron chi connectivity index (χ0n) is 17.9. The minimum absolute atomic E-state index is 0. The fourth-order valence-corrected chi connectivity index (χ4v) is 3.72. The second-order valence-corrected chi connectivity index (χ2v) is 7.17. The fraction of sp³-hybridized carbons (Fsp3) is 0.391. The summed E-state index contributed by atoms with van der Waals surface area (Å²) in [6.07, 6.45) is 2.23. The number of hydrogen-bond donors (Lipinski definition) is 1. The molecular formula is C23H31IN4O2. The fourth-order valence-electron chi connectivity index (χ4n) is 3.72. The third-order valence-corrected chi connectivity index (χ3v) is 5.21. The number of para-hydroxylation sites is 2. The van der Waals surface area contributed by atoms with Crippen molar-refractivity contribution in [1.29, 1.82) is 0 Å². The predicted octanol–water partition coefficient (Wildman–Crippen LogP) is 3.69. The van der Waals surface area contributed by atoms with Gasteiger partial charge in [-0.05, 0) is 30.5 Å². The highest BCUT2D eigenvalue weighted by Crippen LogP contribution is 2.28. The van der Waals surface area contributed by atoms with Crippen molar-refractivity contribution in [2.24, 2.45) is 4.99 Å². The molecule has 1 aliphatic rings. The Morgan fingerprint density at radius 2 is 1.93 bits per heavy atom. The first kappa shape index (κ1) is 24.0. The molecule has 6 nitrogen and oxygen atoms in total. The van der Waals surface area contributed by atoms with Crippen LogP contribution in [0.2, 0.25) is 0 Å². The van der Waals surface area contributed by atoms with Gasteiger partial charge in [0.15, 0.2) is 5.96 Å². The van der Waals surface area contributed by atoms with Crippen LogP contribution in [0.25, 0.3) is 0 Å². The predicted molar refractivity (Wildman–Crippen MR) is 133 cm³/mol. The van der Waals surface area contributed by atoms with E-state index in [9.17, 15) is 4.79 Å². The molecular weight excluding hydrogens is 491 g/mol. The molecule has 3 rings (SSSR count). The maximum absolute atomic E-state index is 12.6. The van der Waals surface area contributed by atoms with Gasteiger partial charge < -0.3 is 19.9 Å². The number of guanidine groups is 1. The summed E-state index contributed by atoms with van der Waals surface area (Å²) in [5.41, 5.74) is 3.43. The molecule has 1 N–H and O–H groups in total. The van der Waals surface area contributed by atoms with E-state index in [-0.39, 0.29) is 29.9 Å². The number of amides is 1. The molecule has 0 bridgehead atoms. The van der Waals surface area contributed by atoms with E-state index in [1.54, 1.807) is 14.2 Å². The van der Waals surface area contributed by atoms with E-state index < -0.39 is 0 Å². The lowest BCUT2D eigenvalue weighted by atomic mass is 10.2. The number of ether oxygens (including phenoxy) is 1. The number of aliphatic imine (C=N–C) groups is 1. The second kappa shape index (κ2) is 11.8. The quantitative estimate of drug-likeness (QED) is 0.261. The van der Waals surface area contributed by atoms with E-state index in [2.05, 4.69) is 27.3 Å². The minimum atomic E-state index is 0. The Bertz CT molecular complexity index is 872. The van der Waals surface area contributed by atoms with Gasteiger partial charge in [0.1, 0.15) is 5.75 Å². The Hall–Kier alpha value is -2.29. The van der Waals surface area contributed by atoms with Crippen molar-refractivity contribution in [2.45, 2.75) is 25.8 Å². The number of rotatable bonds is 7. The molecule has 0 unspecified atom stereocenters. The van der Waals surface area contributed by atoms with E-state index in [1.807, 2.05) is 48.3 Å². The molecule has 0 atom stereocenters. The van der Waals surface area contributed by atoms with Crippen molar-refractivity contribution in [3.8, 4) is 5.75 Å². The maximum atomic E-state index is 12.6. The second-order valence-electron chi connectivity index (χ2n) is 7.17. The lowest BCUT2D eigenvalue weighted by molar-refractivity contribution is -0.118. The van der Waals surface area contributed by atoms with Crippen molar-refractivity contribution < 1.29 is 9.53 Å². The first-order valence-electron chi connectivity index (χ1n) is 10.1. The van der Waals surface area contributed by atoms with Gasteiger partial charge in [0.25, 0.3) is 0 Å². The van der Waals surface area contributed by atoms with Crippen LogP contribution in [0.5, 0.6) is 5.75 Å². The number of nitrogens with one attached hydrogen (secondary N) is 1. The summed E-state index contributed by atoms with van der Waals surface area (Å²) in [7, 11) is 5.45. The molecule has 0 radical (unpaired) electrons. The standard InChI is InChI=1S/C23H30N4O2.HI/c1-24-23(26(2)17-19-10-5-7-12-21(19)29-3)25-15-8-13-22(28)27-16-14-18-9-4-6-11-20(18)27;/h4-7,9-12H,8,13-17H2,1-3H3,(H,24,25);1H. The third kappa shape index (κ3) is 5.87. The van der Waals surface area contributed by atoms with Crippen molar-refractivity contribution >= 4 is 41.5 Å². The molecule has 0 spiro atoms. The Morgan fingerprint density at radius 3 is 2.70 bits per heavy atom. The van der Waals surface area contributed by atoms with Crippen LogP contribution in [-0.4, -0.2) is 51.1 Å². The Morgan fingerprint density at radius 1 is 1.20 bits per heavy atom. The van der Waals surface area contributed by atoms with Crippen molar-refractivity contribution in [3.63, 3.8) is 0 Å². The molecule has 1 aliphatic heterocycles. The highest BCUT2D eigenvalue weighted by atomic mass is 127. The van der Waals surface area contributed by atoms with Gasteiger partial charge in [-0.1, -0.05) is 36.4 Å². The summed E-state index contributed by atoms with van der Waals surface area (Å²) in [5.74, 6) is 1.86. The van der Waals surface area contributed by atoms with Gasteiger partial charge in [0, 0.05) is 51.4 Å². The number of halogens is 1. The monoisotopic (exact) mass is 522 g/mol. The number of carbonyl (C=O) groups excluding carboxylic acids is 1. The first-order chi connectivity index (χ1) is 14.1. The lowest BCUT2D eigenvalue weighted by Gasteiger charge is -2.23. The average molecular weight is 522 g/mol. The number of hydrogen-bond acceptors (Lipinski definition) is 3. The number of anilines is 1. The molecule has 0 saturated heterocycles. The first-order valence-corrected chi connectivity index (χ1v) is 10.1. The van der Waals surface area contributed by atoms with Gasteiger partial charge in [0.2, 0.25) is 5.91 Å². The van der Waals surface area contributed by atoms with Gasteiger partial charge in [-0.2, -0.15) is 0 Å². The molecule has 7 heteroatoms. The molecule has 0 fully saturated rings. The third-order valence-electron chi connectivity index (χ3n) is 5.21. The largest absolute Gasteiger partial charge is 0.496 e. The number of nitrogens with zero attached hydrogens (tertiary/aromatic N) is 3. The van der Waals surface area contributed by atoms with Gasteiger partial charge in [0.05, 0.1) is 7.11 Å². The van der Waals surface area contributed by atoms with Crippen LogP contribution in [0.3, 0.4) is 0 Å². The molecule has 0 aromatic heterocycles. The normalized spacial score (nSPS) is 12.8. The van der Waals surface area contributed by atoms with Crippen molar-refractivity contribution in [1.82, 2.24) is 10.2 Å². The van der Waals surface area contributed by atoms with Crippen LogP contribution < -0.4 is 15.0 Å². The highest BCUT2D eigenvalue weighted by Gasteiger charge is 2.23. The molecule has 30 heavy (non-hydrogen) atoms. The Kier molecular flexibility index (Phi) is 9.42. The Balaban J connectivity index is 0.00000320. The molecule has 162 valence electrons. The van der Waals surface area contributed by atoms with E-state index in [0.717, 1.165) is 42.3 Å². The summed E-state index contributed by atoms with van der Waals surface area (Å²) in [6.45, 7) is 2.17. The van der Waals surface area contributed by atoms with E-state index >= 15 is 0 Å². The van der Waals surface area contributed by atoms with Crippen LogP contribution in [0, 0.1) is 0 Å². The maximum Gasteiger partial charge on any atom is 0.227 e. The molecule has 0 saturated carbocycles. The number of fused-ring (bicyclic) bond motifs is 1. The van der Waals surface area contributed by atoms with Crippen LogP contribution in [0.15, 0.2) is 53.5 Å². The zero-order chi connectivity index (χ0) is 20.6. The van der Waals surface area contributed by atoms with Crippen LogP contribution in [0.4, 0.5) is 5.69 Å².